The van der Waals surface area contributed by atoms with Crippen molar-refractivity contribution in [2.24, 2.45) is 0 Å². The van der Waals surface area contributed by atoms with Crippen LogP contribution in [0.1, 0.15) is 11.1 Å². The van der Waals surface area contributed by atoms with Gasteiger partial charge in [0.2, 0.25) is 0 Å². The second-order valence-corrected chi connectivity index (χ2v) is 3.55. The molecule has 0 radical (unpaired) electrons. The molecule has 2 aromatic rings. The van der Waals surface area contributed by atoms with Crippen LogP contribution in [0, 0.1) is 6.92 Å². The molecule has 0 unspecified atom stereocenters. The zero-order valence-electron chi connectivity index (χ0n) is 8.80. The first-order chi connectivity index (χ1) is 7.34. The van der Waals surface area contributed by atoms with E-state index >= 15 is 0 Å². The van der Waals surface area contributed by atoms with E-state index in [0.717, 1.165) is 0 Å². The maximum Gasteiger partial charge on any atom is 0.177 e. The molecule has 0 amide bonds. The van der Waals surface area contributed by atoms with Gasteiger partial charge in [0.05, 0.1) is 0 Å². The van der Waals surface area contributed by atoms with Crippen LogP contribution < -0.4 is 4.57 Å². The van der Waals surface area contributed by atoms with Crippen LogP contribution in [0.3, 0.4) is 0 Å². The molecule has 0 bridgehead atoms. The van der Waals surface area contributed by atoms with Crippen LogP contribution in [0.15, 0.2) is 54.9 Å². The molecule has 0 aliphatic rings. The van der Waals surface area contributed by atoms with E-state index in [-0.39, 0.29) is 0 Å². The summed E-state index contributed by atoms with van der Waals surface area (Å²) in [7, 11) is 0. The number of benzene rings is 1. The highest BCUT2D eigenvalue weighted by atomic mass is 14.9. The lowest BCUT2D eigenvalue weighted by Crippen LogP contribution is -2.24. The van der Waals surface area contributed by atoms with E-state index in [1.54, 1.807) is 0 Å². The van der Waals surface area contributed by atoms with Gasteiger partial charge in [0.15, 0.2) is 18.6 Å². The number of pyridine rings is 1. The fourth-order valence-electron chi connectivity index (χ4n) is 1.44. The van der Waals surface area contributed by atoms with E-state index in [2.05, 4.69) is 48.2 Å². The maximum absolute atomic E-state index is 2.10. The summed E-state index contributed by atoms with van der Waals surface area (Å²) in [5, 5.41) is 0. The molecule has 15 heavy (non-hydrogen) atoms. The largest absolute Gasteiger partial charge is 0.177 e. The minimum absolute atomic E-state index is 1.21. The average molecular weight is 196 g/mol. The van der Waals surface area contributed by atoms with Crippen molar-refractivity contribution in [3.05, 3.63) is 66.0 Å². The molecule has 0 fully saturated rings. The van der Waals surface area contributed by atoms with Gasteiger partial charge in [-0.2, -0.15) is 4.57 Å². The summed E-state index contributed by atoms with van der Waals surface area (Å²) in [5.74, 6) is 0. The highest BCUT2D eigenvalue weighted by Crippen LogP contribution is 2.00. The fraction of sp³-hybridized carbons (Fsp3) is 0.0714. The Morgan fingerprint density at radius 3 is 2.53 bits per heavy atom. The van der Waals surface area contributed by atoms with Gasteiger partial charge in [-0.1, -0.05) is 30.3 Å². The van der Waals surface area contributed by atoms with Crippen molar-refractivity contribution in [3.8, 4) is 0 Å². The number of hydrogen-bond donors (Lipinski definition) is 0. The summed E-state index contributed by atoms with van der Waals surface area (Å²) in [5.41, 5.74) is 2.47. The fourth-order valence-corrected chi connectivity index (χ4v) is 1.44. The second-order valence-electron chi connectivity index (χ2n) is 3.55. The Bertz CT molecular complexity index is 458. The van der Waals surface area contributed by atoms with Crippen LogP contribution in [0.5, 0.6) is 0 Å². The molecule has 0 saturated carbocycles. The minimum Gasteiger partial charge on any atom is -0.173 e. The van der Waals surface area contributed by atoms with Crippen molar-refractivity contribution in [2.45, 2.75) is 6.92 Å². The van der Waals surface area contributed by atoms with Crippen LogP contribution in [-0.4, -0.2) is 0 Å². The third-order valence-electron chi connectivity index (χ3n) is 2.21. The lowest BCUT2D eigenvalue weighted by Gasteiger charge is -1.91. The van der Waals surface area contributed by atoms with Gasteiger partial charge in [0.1, 0.15) is 0 Å². The first-order valence-corrected chi connectivity index (χ1v) is 5.05. The zero-order chi connectivity index (χ0) is 10.5. The van der Waals surface area contributed by atoms with Gasteiger partial charge in [-0.25, -0.2) is 0 Å². The highest BCUT2D eigenvalue weighted by Gasteiger charge is 1.94. The SMILES string of the molecule is Cc1ccc[n+](/C=C\c2ccccc2)c1. The molecule has 0 saturated heterocycles. The monoisotopic (exact) mass is 196 g/mol. The highest BCUT2D eigenvalue weighted by molar-refractivity contribution is 5.56. The Morgan fingerprint density at radius 2 is 1.80 bits per heavy atom. The Balaban J connectivity index is 2.19. The first kappa shape index (κ1) is 9.66. The third-order valence-corrected chi connectivity index (χ3v) is 2.21. The molecule has 1 aromatic heterocycles. The zero-order valence-corrected chi connectivity index (χ0v) is 8.80. The van der Waals surface area contributed by atoms with Crippen molar-refractivity contribution in [1.82, 2.24) is 0 Å². The molecule has 1 heterocycles. The van der Waals surface area contributed by atoms with E-state index < -0.39 is 0 Å². The van der Waals surface area contributed by atoms with Crippen LogP contribution >= 0.6 is 0 Å². The lowest BCUT2D eigenvalue weighted by atomic mass is 10.2. The number of aromatic nitrogens is 1. The van der Waals surface area contributed by atoms with Gasteiger partial charge >= 0.3 is 0 Å². The summed E-state index contributed by atoms with van der Waals surface area (Å²) < 4.78 is 2.06. The van der Waals surface area contributed by atoms with Crippen molar-refractivity contribution >= 4 is 12.3 Å². The summed E-state index contributed by atoms with van der Waals surface area (Å²) in [6.45, 7) is 2.09. The Hall–Kier alpha value is -1.89. The first-order valence-electron chi connectivity index (χ1n) is 5.05. The van der Waals surface area contributed by atoms with Crippen molar-refractivity contribution < 1.29 is 4.57 Å². The van der Waals surface area contributed by atoms with E-state index in [0.29, 0.717) is 0 Å². The van der Waals surface area contributed by atoms with Gasteiger partial charge in [0, 0.05) is 17.7 Å². The summed E-state index contributed by atoms with van der Waals surface area (Å²) in [6, 6.07) is 14.4. The number of nitrogens with zero attached hydrogens (tertiary/aromatic N) is 1. The van der Waals surface area contributed by atoms with Crippen LogP contribution in [-0.2, 0) is 0 Å². The van der Waals surface area contributed by atoms with Crippen molar-refractivity contribution in [3.63, 3.8) is 0 Å². The number of aryl methyl sites for hydroxylation is 1. The normalized spacial score (nSPS) is 10.7. The van der Waals surface area contributed by atoms with Gasteiger partial charge in [-0.05, 0) is 18.6 Å². The molecular formula is C14H14N+. The molecule has 1 aromatic carbocycles. The average Bonchev–Trinajstić information content (AvgIpc) is 2.28. The predicted octanol–water partition coefficient (Wildman–Crippen LogP) is 2.91. The number of rotatable bonds is 2. The topological polar surface area (TPSA) is 3.88 Å². The maximum atomic E-state index is 2.10. The van der Waals surface area contributed by atoms with E-state index in [1.807, 2.05) is 30.5 Å². The summed E-state index contributed by atoms with van der Waals surface area (Å²) in [6.07, 6.45) is 8.29. The lowest BCUT2D eigenvalue weighted by molar-refractivity contribution is -0.567. The molecule has 1 nitrogen and oxygen atoms in total. The standard InChI is InChI=1S/C14H14N/c1-13-6-5-10-15(12-13)11-9-14-7-3-2-4-8-14/h2-12H,1H3/q+1/b11-9-. The predicted molar refractivity (Wildman–Crippen MR) is 63.0 cm³/mol. The van der Waals surface area contributed by atoms with E-state index in [9.17, 15) is 0 Å². The second kappa shape index (κ2) is 4.56. The van der Waals surface area contributed by atoms with Crippen LogP contribution in [0.2, 0.25) is 0 Å². The van der Waals surface area contributed by atoms with Crippen LogP contribution in [0.4, 0.5) is 0 Å². The molecule has 1 heteroatoms. The van der Waals surface area contributed by atoms with Gasteiger partial charge in [0.25, 0.3) is 0 Å². The molecular weight excluding hydrogens is 182 g/mol. The molecule has 0 aliphatic carbocycles. The molecule has 0 atom stereocenters. The minimum atomic E-state index is 1.21. The Kier molecular flexibility index (Phi) is 2.93. The van der Waals surface area contributed by atoms with Gasteiger partial charge < -0.3 is 0 Å². The third kappa shape index (κ3) is 2.78. The van der Waals surface area contributed by atoms with Gasteiger partial charge in [-0.15, -0.1) is 0 Å². The van der Waals surface area contributed by atoms with Crippen LogP contribution in [0.25, 0.3) is 12.3 Å². The van der Waals surface area contributed by atoms with Crippen molar-refractivity contribution in [1.29, 1.82) is 0 Å². The Labute approximate surface area is 90.3 Å². The summed E-state index contributed by atoms with van der Waals surface area (Å²) >= 11 is 0. The summed E-state index contributed by atoms with van der Waals surface area (Å²) in [4.78, 5) is 0. The Morgan fingerprint density at radius 1 is 1.00 bits per heavy atom. The quantitative estimate of drug-likeness (QED) is 0.650. The van der Waals surface area contributed by atoms with E-state index in [4.69, 9.17) is 0 Å². The van der Waals surface area contributed by atoms with Gasteiger partial charge in [-0.3, -0.25) is 0 Å². The van der Waals surface area contributed by atoms with E-state index in [1.165, 1.54) is 11.1 Å². The molecule has 74 valence electrons. The molecule has 0 spiro atoms. The smallest absolute Gasteiger partial charge is 0.173 e. The molecule has 0 N–H and O–H groups in total. The molecule has 2 rings (SSSR count). The van der Waals surface area contributed by atoms with Crippen molar-refractivity contribution in [2.75, 3.05) is 0 Å². The number of hydrogen-bond acceptors (Lipinski definition) is 0. The molecule has 0 aliphatic heterocycles.